The summed E-state index contributed by atoms with van der Waals surface area (Å²) in [5.41, 5.74) is 0.546. The number of benzene rings is 1. The number of nitrogens with one attached hydrogen (secondary N) is 2. The van der Waals surface area contributed by atoms with Crippen molar-refractivity contribution in [2.45, 2.75) is 11.8 Å². The molecule has 0 aromatic heterocycles. The first-order valence-corrected chi connectivity index (χ1v) is 8.42. The fraction of sp³-hybridized carbons (Fsp3) is 0.286. The maximum atomic E-state index is 12.0. The number of sulfonamides is 1. The van der Waals surface area contributed by atoms with Gasteiger partial charge in [-0.1, -0.05) is 6.92 Å². The van der Waals surface area contributed by atoms with Gasteiger partial charge in [-0.2, -0.15) is 0 Å². The average Bonchev–Trinajstić information content (AvgIpc) is 2.76. The number of β-amino-alcohol motifs (C(OH)–C–C–N with tert-alkyl or cyclic N) is 1. The molecule has 0 fully saturated rings. The third kappa shape index (κ3) is 3.76. The molecule has 0 radical (unpaired) electrons. The van der Waals surface area contributed by atoms with Gasteiger partial charge in [0, 0.05) is 18.3 Å². The number of anilines is 1. The Morgan fingerprint density at radius 1 is 1.17 bits per heavy atom. The van der Waals surface area contributed by atoms with Crippen LogP contribution in [0.2, 0.25) is 0 Å². The molecule has 3 N–H and O–H groups in total. The molecule has 0 unspecified atom stereocenters. The Balaban J connectivity index is 2.12. The molecule has 1 aliphatic heterocycles. The molecular weight excluding hydrogens is 322 g/mol. The lowest BCUT2D eigenvalue weighted by Gasteiger charge is -2.13. The van der Waals surface area contributed by atoms with E-state index in [0.29, 0.717) is 5.69 Å². The molecule has 1 heterocycles. The number of nitrogens with zero attached hydrogens (tertiary/aromatic N) is 1. The standard InChI is InChI=1S/C14H17N3O5S/c1-2-15-23(21,22)11-5-3-10(4-6-11)16-12-9-13(19)17(7-8-18)14(12)20/h3-6,9,15-16,18H,2,7-8H2,1H3. The molecule has 2 rings (SSSR count). The van der Waals surface area contributed by atoms with Crippen LogP contribution < -0.4 is 10.0 Å². The molecule has 124 valence electrons. The minimum absolute atomic E-state index is 0.0702. The van der Waals surface area contributed by atoms with Gasteiger partial charge in [-0.05, 0) is 24.3 Å². The lowest BCUT2D eigenvalue weighted by Crippen LogP contribution is -2.34. The maximum Gasteiger partial charge on any atom is 0.277 e. The number of imide groups is 1. The van der Waals surface area contributed by atoms with Gasteiger partial charge in [-0.15, -0.1) is 0 Å². The van der Waals surface area contributed by atoms with E-state index in [1.165, 1.54) is 24.3 Å². The molecule has 23 heavy (non-hydrogen) atoms. The van der Waals surface area contributed by atoms with E-state index in [1.807, 2.05) is 0 Å². The number of aliphatic hydroxyl groups is 1. The summed E-state index contributed by atoms with van der Waals surface area (Å²) in [7, 11) is -3.54. The molecule has 1 aliphatic rings. The predicted octanol–water partition coefficient (Wildman–Crippen LogP) is -0.358. The lowest BCUT2D eigenvalue weighted by molar-refractivity contribution is -0.137. The third-order valence-corrected chi connectivity index (χ3v) is 4.67. The summed E-state index contributed by atoms with van der Waals surface area (Å²) in [6.45, 7) is 1.59. The van der Waals surface area contributed by atoms with E-state index in [-0.39, 0.29) is 30.3 Å². The molecule has 2 amide bonds. The topological polar surface area (TPSA) is 116 Å². The van der Waals surface area contributed by atoms with Crippen LogP contribution >= 0.6 is 0 Å². The number of rotatable bonds is 7. The number of carbonyl (C=O) groups excluding carboxylic acids is 2. The van der Waals surface area contributed by atoms with Crippen LogP contribution in [-0.2, 0) is 19.6 Å². The summed E-state index contributed by atoms with van der Waals surface area (Å²) in [5, 5.41) is 11.6. The summed E-state index contributed by atoms with van der Waals surface area (Å²) in [4.78, 5) is 24.6. The second-order valence-electron chi connectivity index (χ2n) is 4.73. The van der Waals surface area contributed by atoms with Gasteiger partial charge >= 0.3 is 0 Å². The van der Waals surface area contributed by atoms with Crippen LogP contribution in [0.25, 0.3) is 0 Å². The van der Waals surface area contributed by atoms with E-state index >= 15 is 0 Å². The van der Waals surface area contributed by atoms with Gasteiger partial charge in [-0.3, -0.25) is 14.5 Å². The molecule has 0 bridgehead atoms. The Bertz CT molecular complexity index is 740. The second-order valence-corrected chi connectivity index (χ2v) is 6.49. The monoisotopic (exact) mass is 339 g/mol. The first-order valence-electron chi connectivity index (χ1n) is 6.94. The highest BCUT2D eigenvalue weighted by Crippen LogP contribution is 2.19. The van der Waals surface area contributed by atoms with Gasteiger partial charge in [-0.25, -0.2) is 13.1 Å². The zero-order valence-corrected chi connectivity index (χ0v) is 13.3. The fourth-order valence-corrected chi connectivity index (χ4v) is 3.10. The Kier molecular flexibility index (Phi) is 5.14. The van der Waals surface area contributed by atoms with E-state index in [9.17, 15) is 18.0 Å². The molecule has 1 aromatic carbocycles. The summed E-state index contributed by atoms with van der Waals surface area (Å²) in [6, 6.07) is 5.79. The molecule has 1 aromatic rings. The van der Waals surface area contributed by atoms with Crippen molar-refractivity contribution in [3.05, 3.63) is 36.0 Å². The Morgan fingerprint density at radius 3 is 2.39 bits per heavy atom. The zero-order valence-electron chi connectivity index (χ0n) is 12.4. The van der Waals surface area contributed by atoms with E-state index in [4.69, 9.17) is 5.11 Å². The molecule has 0 saturated carbocycles. The largest absolute Gasteiger partial charge is 0.395 e. The number of aliphatic hydroxyl groups excluding tert-OH is 1. The highest BCUT2D eigenvalue weighted by Gasteiger charge is 2.30. The quantitative estimate of drug-likeness (QED) is 0.584. The van der Waals surface area contributed by atoms with Crippen molar-refractivity contribution in [1.29, 1.82) is 0 Å². The van der Waals surface area contributed by atoms with Crippen molar-refractivity contribution < 1.29 is 23.1 Å². The van der Waals surface area contributed by atoms with Gasteiger partial charge in [0.05, 0.1) is 18.0 Å². The average molecular weight is 339 g/mol. The maximum absolute atomic E-state index is 12.0. The van der Waals surface area contributed by atoms with Crippen LogP contribution in [0.1, 0.15) is 6.92 Å². The van der Waals surface area contributed by atoms with Gasteiger partial charge in [0.25, 0.3) is 11.8 Å². The Morgan fingerprint density at radius 2 is 1.83 bits per heavy atom. The zero-order chi connectivity index (χ0) is 17.0. The highest BCUT2D eigenvalue weighted by atomic mass is 32.2. The minimum Gasteiger partial charge on any atom is -0.395 e. The number of carbonyl (C=O) groups is 2. The summed E-state index contributed by atoms with van der Waals surface area (Å²) in [6.07, 6.45) is 1.14. The first kappa shape index (κ1) is 17.1. The number of hydrogen-bond donors (Lipinski definition) is 3. The van der Waals surface area contributed by atoms with Crippen molar-refractivity contribution in [2.75, 3.05) is 25.0 Å². The normalized spacial score (nSPS) is 15.0. The molecular formula is C14H17N3O5S. The van der Waals surface area contributed by atoms with Crippen LogP contribution in [0, 0.1) is 0 Å². The van der Waals surface area contributed by atoms with Gasteiger partial charge in [0.15, 0.2) is 0 Å². The highest BCUT2D eigenvalue weighted by molar-refractivity contribution is 7.89. The molecule has 0 atom stereocenters. The SMILES string of the molecule is CCNS(=O)(=O)c1ccc(NC2=CC(=O)N(CCO)C2=O)cc1. The minimum atomic E-state index is -3.54. The fourth-order valence-electron chi connectivity index (χ4n) is 2.06. The summed E-state index contributed by atoms with van der Waals surface area (Å²) < 4.78 is 26.0. The van der Waals surface area contributed by atoms with Crippen molar-refractivity contribution in [3.8, 4) is 0 Å². The van der Waals surface area contributed by atoms with Crippen LogP contribution in [0.5, 0.6) is 0 Å². The Hall–Kier alpha value is -2.23. The van der Waals surface area contributed by atoms with E-state index < -0.39 is 21.8 Å². The van der Waals surface area contributed by atoms with E-state index in [2.05, 4.69) is 10.0 Å². The van der Waals surface area contributed by atoms with Crippen molar-refractivity contribution in [2.24, 2.45) is 0 Å². The van der Waals surface area contributed by atoms with Gasteiger partial charge in [0.2, 0.25) is 10.0 Å². The number of hydrogen-bond acceptors (Lipinski definition) is 6. The number of amides is 2. The Labute approximate surface area is 133 Å². The first-order chi connectivity index (χ1) is 10.9. The van der Waals surface area contributed by atoms with E-state index in [0.717, 1.165) is 11.0 Å². The second kappa shape index (κ2) is 6.90. The molecule has 0 spiro atoms. The van der Waals surface area contributed by atoms with Crippen molar-refractivity contribution in [3.63, 3.8) is 0 Å². The molecule has 8 nitrogen and oxygen atoms in total. The predicted molar refractivity (Wildman–Crippen MR) is 82.8 cm³/mol. The lowest BCUT2D eigenvalue weighted by atomic mass is 10.3. The molecule has 0 saturated heterocycles. The molecule has 9 heteroatoms. The summed E-state index contributed by atoms with van der Waals surface area (Å²) >= 11 is 0. The van der Waals surface area contributed by atoms with Gasteiger partial charge in [0.1, 0.15) is 5.70 Å². The third-order valence-electron chi connectivity index (χ3n) is 3.11. The van der Waals surface area contributed by atoms with E-state index in [1.54, 1.807) is 6.92 Å². The van der Waals surface area contributed by atoms with Crippen LogP contribution in [0.4, 0.5) is 5.69 Å². The van der Waals surface area contributed by atoms with Crippen molar-refractivity contribution >= 4 is 27.5 Å². The van der Waals surface area contributed by atoms with Crippen molar-refractivity contribution in [1.82, 2.24) is 9.62 Å². The summed E-state index contributed by atoms with van der Waals surface area (Å²) in [5.74, 6) is -1.04. The molecule has 0 aliphatic carbocycles. The smallest absolute Gasteiger partial charge is 0.277 e. The van der Waals surface area contributed by atoms with Crippen LogP contribution in [-0.4, -0.2) is 49.9 Å². The van der Waals surface area contributed by atoms with Crippen LogP contribution in [0.15, 0.2) is 40.9 Å². The van der Waals surface area contributed by atoms with Crippen LogP contribution in [0.3, 0.4) is 0 Å². The van der Waals surface area contributed by atoms with Gasteiger partial charge < -0.3 is 10.4 Å².